The molecule has 0 atom stereocenters. The number of halogens is 1. The van der Waals surface area contributed by atoms with E-state index in [4.69, 9.17) is 19.8 Å². The molecule has 3 N–H and O–H groups in total. The van der Waals surface area contributed by atoms with Crippen LogP contribution in [-0.2, 0) is 20.9 Å². The lowest BCUT2D eigenvalue weighted by molar-refractivity contribution is -0.159. The summed E-state index contributed by atoms with van der Waals surface area (Å²) in [6.45, 7) is 2.39. The second-order valence-electron chi connectivity index (χ2n) is 7.24. The third-order valence-corrected chi connectivity index (χ3v) is 5.19. The largest absolute Gasteiger partial charge is 0.473 e. The molecular weight excluding hydrogens is 367 g/mol. The Morgan fingerprint density at radius 3 is 2.11 bits per heavy atom. The van der Waals surface area contributed by atoms with Crippen LogP contribution in [0.25, 0.3) is 0 Å². The monoisotopic (exact) mass is 394 g/mol. The summed E-state index contributed by atoms with van der Waals surface area (Å²) in [5.41, 5.74) is 0.747. The lowest BCUT2D eigenvalue weighted by Gasteiger charge is -2.32. The minimum absolute atomic E-state index is 0.136. The first-order valence-electron chi connectivity index (χ1n) is 9.59. The Kier molecular flexibility index (Phi) is 8.38. The molecule has 3 rings (SSSR count). The summed E-state index contributed by atoms with van der Waals surface area (Å²) in [6, 6.07) is 7.35. The number of aliphatic carboxylic acids is 2. The van der Waals surface area contributed by atoms with E-state index in [-0.39, 0.29) is 17.6 Å². The summed E-state index contributed by atoms with van der Waals surface area (Å²) < 4.78 is 13.7. The topological polar surface area (TPSA) is 107 Å². The summed E-state index contributed by atoms with van der Waals surface area (Å²) in [5.74, 6) is -3.41. The molecular formula is C20H27FN2O5. The minimum atomic E-state index is -1.82. The number of rotatable bonds is 4. The number of piperidine rings is 1. The van der Waals surface area contributed by atoms with Crippen molar-refractivity contribution < 1.29 is 29.0 Å². The maximum atomic E-state index is 13.7. The molecule has 1 aliphatic carbocycles. The summed E-state index contributed by atoms with van der Waals surface area (Å²) in [5, 5.41) is 18.0. The predicted octanol–water partition coefficient (Wildman–Crippen LogP) is 2.25. The Morgan fingerprint density at radius 2 is 1.57 bits per heavy atom. The van der Waals surface area contributed by atoms with Gasteiger partial charge in [-0.25, -0.2) is 14.0 Å². The highest BCUT2D eigenvalue weighted by molar-refractivity contribution is 6.27. The van der Waals surface area contributed by atoms with Gasteiger partial charge in [0.2, 0.25) is 5.91 Å². The fraction of sp³-hybridized carbons (Fsp3) is 0.550. The highest BCUT2D eigenvalue weighted by Gasteiger charge is 2.27. The number of amides is 1. The van der Waals surface area contributed by atoms with Crippen molar-refractivity contribution in [3.05, 3.63) is 35.6 Å². The van der Waals surface area contributed by atoms with E-state index in [0.29, 0.717) is 12.6 Å². The van der Waals surface area contributed by atoms with Gasteiger partial charge in [-0.1, -0.05) is 31.0 Å². The molecule has 0 aromatic heterocycles. The Balaban J connectivity index is 0.000000409. The zero-order chi connectivity index (χ0) is 20.5. The normalized spacial score (nSPS) is 18.2. The molecule has 1 aromatic rings. The first-order valence-corrected chi connectivity index (χ1v) is 9.59. The molecule has 1 saturated carbocycles. The summed E-state index contributed by atoms with van der Waals surface area (Å²) in [7, 11) is 0. The van der Waals surface area contributed by atoms with E-state index in [0.717, 1.165) is 44.3 Å². The number of likely N-dealkylation sites (tertiary alicyclic amines) is 1. The van der Waals surface area contributed by atoms with E-state index in [1.165, 1.54) is 18.9 Å². The highest BCUT2D eigenvalue weighted by atomic mass is 19.1. The van der Waals surface area contributed by atoms with Crippen LogP contribution in [0.15, 0.2) is 24.3 Å². The van der Waals surface area contributed by atoms with Crippen molar-refractivity contribution >= 4 is 17.8 Å². The van der Waals surface area contributed by atoms with Crippen LogP contribution in [0, 0.1) is 11.7 Å². The molecule has 1 amide bonds. The number of carbonyl (C=O) groups is 3. The highest BCUT2D eigenvalue weighted by Crippen LogP contribution is 2.22. The molecule has 2 fully saturated rings. The molecule has 0 spiro atoms. The van der Waals surface area contributed by atoms with Crippen LogP contribution in [0.1, 0.15) is 44.1 Å². The van der Waals surface area contributed by atoms with Gasteiger partial charge in [-0.3, -0.25) is 9.69 Å². The number of hydrogen-bond acceptors (Lipinski definition) is 4. The first-order chi connectivity index (χ1) is 13.4. The number of nitrogens with zero attached hydrogens (tertiary/aromatic N) is 1. The fourth-order valence-corrected chi connectivity index (χ4v) is 3.61. The Morgan fingerprint density at radius 1 is 1.00 bits per heavy atom. The van der Waals surface area contributed by atoms with Gasteiger partial charge >= 0.3 is 11.9 Å². The zero-order valence-electron chi connectivity index (χ0n) is 15.8. The van der Waals surface area contributed by atoms with Crippen LogP contribution >= 0.6 is 0 Å². The fourth-order valence-electron chi connectivity index (χ4n) is 3.61. The average Bonchev–Trinajstić information content (AvgIpc) is 3.17. The van der Waals surface area contributed by atoms with Gasteiger partial charge in [0.1, 0.15) is 5.82 Å². The summed E-state index contributed by atoms with van der Waals surface area (Å²) >= 11 is 0. The minimum Gasteiger partial charge on any atom is -0.473 e. The van der Waals surface area contributed by atoms with E-state index in [1.807, 2.05) is 12.1 Å². The van der Waals surface area contributed by atoms with Gasteiger partial charge < -0.3 is 15.5 Å². The van der Waals surface area contributed by atoms with Crippen molar-refractivity contribution in [2.24, 2.45) is 5.92 Å². The van der Waals surface area contributed by atoms with E-state index < -0.39 is 11.9 Å². The Labute approximate surface area is 163 Å². The molecule has 154 valence electrons. The second-order valence-corrected chi connectivity index (χ2v) is 7.24. The summed E-state index contributed by atoms with van der Waals surface area (Å²) in [6.07, 6.45) is 6.52. The van der Waals surface area contributed by atoms with Crippen LogP contribution in [0.3, 0.4) is 0 Å². The third kappa shape index (κ3) is 6.92. The average molecular weight is 394 g/mol. The maximum absolute atomic E-state index is 13.7. The van der Waals surface area contributed by atoms with Crippen LogP contribution in [0.5, 0.6) is 0 Å². The molecule has 1 heterocycles. The molecule has 7 nitrogen and oxygen atoms in total. The molecule has 0 unspecified atom stereocenters. The smallest absolute Gasteiger partial charge is 0.414 e. The van der Waals surface area contributed by atoms with Crippen LogP contribution in [0.4, 0.5) is 4.39 Å². The molecule has 1 saturated heterocycles. The Bertz CT molecular complexity index is 671. The van der Waals surface area contributed by atoms with E-state index in [9.17, 15) is 9.18 Å². The number of carboxylic acids is 2. The molecule has 1 aliphatic heterocycles. The molecule has 1 aromatic carbocycles. The van der Waals surface area contributed by atoms with Crippen molar-refractivity contribution in [1.82, 2.24) is 10.2 Å². The molecule has 0 bridgehead atoms. The van der Waals surface area contributed by atoms with Crippen LogP contribution in [-0.4, -0.2) is 52.1 Å². The van der Waals surface area contributed by atoms with Gasteiger partial charge in [0.15, 0.2) is 0 Å². The van der Waals surface area contributed by atoms with E-state index in [1.54, 1.807) is 6.07 Å². The predicted molar refractivity (Wildman–Crippen MR) is 100 cm³/mol. The molecule has 0 radical (unpaired) electrons. The van der Waals surface area contributed by atoms with Gasteiger partial charge in [0.05, 0.1) is 0 Å². The van der Waals surface area contributed by atoms with Crippen molar-refractivity contribution in [2.75, 3.05) is 13.1 Å². The number of benzene rings is 1. The number of hydrogen-bond donors (Lipinski definition) is 3. The number of carbonyl (C=O) groups excluding carboxylic acids is 1. The van der Waals surface area contributed by atoms with Crippen molar-refractivity contribution in [1.29, 1.82) is 0 Å². The van der Waals surface area contributed by atoms with Crippen molar-refractivity contribution in [2.45, 2.75) is 51.1 Å². The summed E-state index contributed by atoms with van der Waals surface area (Å²) in [4.78, 5) is 32.7. The van der Waals surface area contributed by atoms with Gasteiger partial charge in [-0.05, 0) is 44.8 Å². The molecule has 28 heavy (non-hydrogen) atoms. The maximum Gasteiger partial charge on any atom is 0.414 e. The van der Waals surface area contributed by atoms with E-state index >= 15 is 0 Å². The standard InChI is InChI=1S/C18H25FN2O.C2H2O4/c19-17-8-4-1-5-15(17)13-21-11-9-14(10-12-21)18(22)20-16-6-2-3-7-16;3-1(4)2(5)6/h1,4-5,8,14,16H,2-3,6-7,9-13H2,(H,20,22);(H,3,4)(H,5,6). The number of carboxylic acid groups (broad SMARTS) is 2. The van der Waals surface area contributed by atoms with Gasteiger partial charge in [-0.2, -0.15) is 0 Å². The quantitative estimate of drug-likeness (QED) is 0.676. The van der Waals surface area contributed by atoms with Crippen molar-refractivity contribution in [3.63, 3.8) is 0 Å². The SMILES string of the molecule is O=C(NC1CCCC1)C1CCN(Cc2ccccc2F)CC1.O=C(O)C(=O)O. The third-order valence-electron chi connectivity index (χ3n) is 5.19. The number of nitrogens with one attached hydrogen (secondary N) is 1. The zero-order valence-corrected chi connectivity index (χ0v) is 15.8. The van der Waals surface area contributed by atoms with Gasteiger partial charge in [-0.15, -0.1) is 0 Å². The second kappa shape index (κ2) is 10.8. The lowest BCUT2D eigenvalue weighted by atomic mass is 9.95. The van der Waals surface area contributed by atoms with Gasteiger partial charge in [0.25, 0.3) is 0 Å². The van der Waals surface area contributed by atoms with Crippen LogP contribution in [0.2, 0.25) is 0 Å². The van der Waals surface area contributed by atoms with Crippen LogP contribution < -0.4 is 5.32 Å². The molecule has 8 heteroatoms. The molecule has 2 aliphatic rings. The van der Waals surface area contributed by atoms with Crippen molar-refractivity contribution in [3.8, 4) is 0 Å². The lowest BCUT2D eigenvalue weighted by Crippen LogP contribution is -2.43. The first kappa shape index (κ1) is 21.8. The van der Waals surface area contributed by atoms with E-state index in [2.05, 4.69) is 10.2 Å². The van der Waals surface area contributed by atoms with Gasteiger partial charge in [0, 0.05) is 24.1 Å². The Hall–Kier alpha value is -2.48.